The van der Waals surface area contributed by atoms with Gasteiger partial charge in [-0.3, -0.25) is 9.59 Å². The smallest absolute Gasteiger partial charge is 0.217 e. The largest absolute Gasteiger partial charge is 0.497 e. The molecule has 8 nitrogen and oxygen atoms in total. The van der Waals surface area contributed by atoms with Gasteiger partial charge in [-0.05, 0) is 40.6 Å². The summed E-state index contributed by atoms with van der Waals surface area (Å²) < 4.78 is 6.83. The van der Waals surface area contributed by atoms with Crippen LogP contribution in [0, 0.1) is 0 Å². The van der Waals surface area contributed by atoms with Crippen LogP contribution in [0.15, 0.2) is 53.7 Å². The maximum absolute atomic E-state index is 12.6. The molecule has 1 atom stereocenters. The third-order valence-corrected chi connectivity index (χ3v) is 5.43. The van der Waals surface area contributed by atoms with Crippen molar-refractivity contribution in [2.24, 2.45) is 0 Å². The Morgan fingerprint density at radius 3 is 2.47 bits per heavy atom. The van der Waals surface area contributed by atoms with Crippen molar-refractivity contribution in [1.29, 1.82) is 0 Å². The Balaban J connectivity index is 1.58. The number of nitrogens with one attached hydrogen (secondary N) is 1. The topological polar surface area (TPSA) is 99.0 Å². The number of Topliss-reactive ketones (excluding diaryl/α,β-unsaturated/α-hetero) is 1. The van der Waals surface area contributed by atoms with E-state index < -0.39 is 0 Å². The third kappa shape index (κ3) is 5.66. The minimum Gasteiger partial charge on any atom is -0.497 e. The van der Waals surface area contributed by atoms with Gasteiger partial charge in [0, 0.05) is 12.5 Å². The van der Waals surface area contributed by atoms with E-state index in [4.69, 9.17) is 4.74 Å². The second kappa shape index (κ2) is 10.0. The molecule has 0 saturated heterocycles. The number of ether oxygens (including phenoxy) is 1. The molecule has 3 rings (SSSR count). The van der Waals surface area contributed by atoms with E-state index in [1.807, 2.05) is 43.3 Å². The molecule has 1 unspecified atom stereocenters. The van der Waals surface area contributed by atoms with Crippen molar-refractivity contribution >= 4 is 23.5 Å². The number of methoxy groups -OCH3 is 1. The highest BCUT2D eigenvalue weighted by atomic mass is 32.2. The molecule has 0 aliphatic carbocycles. The van der Waals surface area contributed by atoms with Gasteiger partial charge in [-0.1, -0.05) is 48.2 Å². The maximum Gasteiger partial charge on any atom is 0.217 e. The Morgan fingerprint density at radius 1 is 1.13 bits per heavy atom. The highest BCUT2D eigenvalue weighted by Crippen LogP contribution is 2.19. The van der Waals surface area contributed by atoms with Crippen molar-refractivity contribution in [2.45, 2.75) is 31.6 Å². The monoisotopic (exact) mass is 425 g/mol. The Labute approximate surface area is 179 Å². The molecule has 0 saturated carbocycles. The van der Waals surface area contributed by atoms with Crippen molar-refractivity contribution in [3.05, 3.63) is 65.2 Å². The Morgan fingerprint density at radius 2 is 1.83 bits per heavy atom. The normalized spacial score (nSPS) is 11.7. The second-order valence-corrected chi connectivity index (χ2v) is 7.67. The van der Waals surface area contributed by atoms with Crippen LogP contribution in [0.25, 0.3) is 0 Å². The minimum absolute atomic E-state index is 0.0160. The lowest BCUT2D eigenvalue weighted by molar-refractivity contribution is -0.119. The fourth-order valence-corrected chi connectivity index (χ4v) is 3.63. The number of hydrogen-bond acceptors (Lipinski definition) is 7. The third-order valence-electron chi connectivity index (χ3n) is 4.48. The van der Waals surface area contributed by atoms with Crippen LogP contribution in [-0.2, 0) is 11.3 Å². The molecule has 0 aliphatic rings. The molecule has 0 radical (unpaired) electrons. The number of thioether (sulfide) groups is 1. The van der Waals surface area contributed by atoms with Gasteiger partial charge in [0.2, 0.25) is 11.1 Å². The predicted molar refractivity (Wildman–Crippen MR) is 114 cm³/mol. The zero-order chi connectivity index (χ0) is 21.5. The highest BCUT2D eigenvalue weighted by molar-refractivity contribution is 7.99. The maximum atomic E-state index is 12.6. The molecule has 9 heteroatoms. The summed E-state index contributed by atoms with van der Waals surface area (Å²) in [5.74, 6) is 0.904. The average Bonchev–Trinajstić information content (AvgIpc) is 3.19. The van der Waals surface area contributed by atoms with E-state index >= 15 is 0 Å². The van der Waals surface area contributed by atoms with Crippen molar-refractivity contribution in [2.75, 3.05) is 12.9 Å². The van der Waals surface area contributed by atoms with Crippen LogP contribution in [0.5, 0.6) is 5.75 Å². The van der Waals surface area contributed by atoms with Crippen LogP contribution in [-0.4, -0.2) is 44.8 Å². The summed E-state index contributed by atoms with van der Waals surface area (Å²) in [6.45, 7) is 3.88. The summed E-state index contributed by atoms with van der Waals surface area (Å²) in [6, 6.07) is 14.8. The van der Waals surface area contributed by atoms with Gasteiger partial charge < -0.3 is 10.1 Å². The molecule has 0 spiro atoms. The van der Waals surface area contributed by atoms with Crippen molar-refractivity contribution in [3.63, 3.8) is 0 Å². The van der Waals surface area contributed by atoms with E-state index in [0.29, 0.717) is 17.3 Å². The molecule has 3 aromatic rings. The van der Waals surface area contributed by atoms with E-state index in [9.17, 15) is 9.59 Å². The number of carbonyl (C=O) groups is 2. The lowest BCUT2D eigenvalue weighted by atomic mass is 10.0. The molecular formula is C21H23N5O3S. The molecule has 1 heterocycles. The zero-order valence-corrected chi connectivity index (χ0v) is 17.8. The van der Waals surface area contributed by atoms with E-state index in [-0.39, 0.29) is 23.5 Å². The van der Waals surface area contributed by atoms with Gasteiger partial charge in [0.15, 0.2) is 5.78 Å². The van der Waals surface area contributed by atoms with E-state index in [1.165, 1.54) is 18.7 Å². The summed E-state index contributed by atoms with van der Waals surface area (Å²) in [4.78, 5) is 23.7. The second-order valence-electron chi connectivity index (χ2n) is 6.72. The number of tetrazole rings is 1. The molecule has 0 aliphatic heterocycles. The Hall–Kier alpha value is -3.20. The summed E-state index contributed by atoms with van der Waals surface area (Å²) in [7, 11) is 1.62. The fourth-order valence-electron chi connectivity index (χ4n) is 2.86. The minimum atomic E-state index is -0.108. The molecule has 0 fully saturated rings. The Kier molecular flexibility index (Phi) is 7.18. The van der Waals surface area contributed by atoms with Gasteiger partial charge >= 0.3 is 0 Å². The van der Waals surface area contributed by atoms with Gasteiger partial charge in [-0.15, -0.1) is 5.10 Å². The fraction of sp³-hybridized carbons (Fsp3) is 0.286. The number of nitrogens with zero attached hydrogens (tertiary/aromatic N) is 4. The molecule has 156 valence electrons. The first kappa shape index (κ1) is 21.5. The van der Waals surface area contributed by atoms with Crippen LogP contribution in [0.2, 0.25) is 0 Å². The number of ketones is 1. The summed E-state index contributed by atoms with van der Waals surface area (Å²) >= 11 is 1.30. The first-order valence-electron chi connectivity index (χ1n) is 9.38. The molecule has 0 bridgehead atoms. The number of carbonyl (C=O) groups excluding carboxylic acids is 2. The van der Waals surface area contributed by atoms with Gasteiger partial charge in [0.25, 0.3) is 0 Å². The van der Waals surface area contributed by atoms with Crippen LogP contribution in [0.1, 0.15) is 41.4 Å². The first-order valence-corrected chi connectivity index (χ1v) is 10.4. The molecule has 1 amide bonds. The van der Waals surface area contributed by atoms with Gasteiger partial charge in [0.05, 0.1) is 25.4 Å². The zero-order valence-electron chi connectivity index (χ0n) is 17.0. The van der Waals surface area contributed by atoms with Crippen molar-refractivity contribution in [1.82, 2.24) is 25.5 Å². The SMILES string of the molecule is COc1ccc(Cn2nnnc2SCC(=O)c2ccc(C(C)NC(C)=O)cc2)cc1. The van der Waals surface area contributed by atoms with E-state index in [1.54, 1.807) is 23.9 Å². The number of benzene rings is 2. The van der Waals surface area contributed by atoms with E-state index in [0.717, 1.165) is 16.9 Å². The van der Waals surface area contributed by atoms with Crippen LogP contribution >= 0.6 is 11.8 Å². The van der Waals surface area contributed by atoms with Gasteiger partial charge in [-0.2, -0.15) is 0 Å². The molecular weight excluding hydrogens is 402 g/mol. The molecule has 2 aromatic carbocycles. The first-order chi connectivity index (χ1) is 14.5. The number of hydrogen-bond donors (Lipinski definition) is 1. The summed E-state index contributed by atoms with van der Waals surface area (Å²) in [6.07, 6.45) is 0. The standard InChI is InChI=1S/C21H23N5O3S/c1-14(22-15(2)27)17-6-8-18(9-7-17)20(28)13-30-21-23-24-25-26(21)12-16-4-10-19(29-3)11-5-16/h4-11,14H,12-13H2,1-3H3,(H,22,27). The van der Waals surface area contributed by atoms with Gasteiger partial charge in [-0.25, -0.2) is 4.68 Å². The lowest BCUT2D eigenvalue weighted by Gasteiger charge is -2.13. The Bertz CT molecular complexity index is 1000. The van der Waals surface area contributed by atoms with E-state index in [2.05, 4.69) is 20.8 Å². The number of amides is 1. The van der Waals surface area contributed by atoms with Crippen LogP contribution < -0.4 is 10.1 Å². The van der Waals surface area contributed by atoms with Crippen molar-refractivity contribution in [3.8, 4) is 5.75 Å². The highest BCUT2D eigenvalue weighted by Gasteiger charge is 2.13. The molecule has 1 aromatic heterocycles. The van der Waals surface area contributed by atoms with Gasteiger partial charge in [0.1, 0.15) is 5.75 Å². The average molecular weight is 426 g/mol. The number of aromatic nitrogens is 4. The molecule has 30 heavy (non-hydrogen) atoms. The number of rotatable bonds is 9. The summed E-state index contributed by atoms with van der Waals surface area (Å²) in [5.41, 5.74) is 2.58. The lowest BCUT2D eigenvalue weighted by Crippen LogP contribution is -2.23. The summed E-state index contributed by atoms with van der Waals surface area (Å²) in [5, 5.41) is 15.2. The van der Waals surface area contributed by atoms with Crippen molar-refractivity contribution < 1.29 is 14.3 Å². The van der Waals surface area contributed by atoms with Crippen LogP contribution in [0.4, 0.5) is 0 Å². The molecule has 1 N–H and O–H groups in total. The predicted octanol–water partition coefficient (Wildman–Crippen LogP) is 2.90. The quantitative estimate of drug-likeness (QED) is 0.416. The van der Waals surface area contributed by atoms with Crippen LogP contribution in [0.3, 0.4) is 0 Å².